The van der Waals surface area contributed by atoms with E-state index >= 15 is 0 Å². The first-order valence-electron chi connectivity index (χ1n) is 6.06. The van der Waals surface area contributed by atoms with Crippen molar-refractivity contribution in [1.29, 1.82) is 0 Å². The summed E-state index contributed by atoms with van der Waals surface area (Å²) in [6.45, 7) is -0.00687. The highest BCUT2D eigenvalue weighted by molar-refractivity contribution is 6.32. The van der Waals surface area contributed by atoms with Gasteiger partial charge in [0.05, 0.1) is 10.6 Å². The van der Waals surface area contributed by atoms with Crippen molar-refractivity contribution in [2.75, 3.05) is 0 Å². The number of nitrogens with zero attached hydrogens (tertiary/aromatic N) is 1. The molecule has 0 aromatic carbocycles. The zero-order valence-electron chi connectivity index (χ0n) is 11.4. The highest BCUT2D eigenvalue weighted by Gasteiger charge is 2.35. The number of rotatable bonds is 5. The molecular weight excluding hydrogens is 345 g/mol. The summed E-state index contributed by atoms with van der Waals surface area (Å²) in [5.74, 6) is -0.988. The van der Waals surface area contributed by atoms with Gasteiger partial charge in [-0.25, -0.2) is 0 Å². The first-order chi connectivity index (χ1) is 10.6. The van der Waals surface area contributed by atoms with Gasteiger partial charge in [-0.2, -0.15) is 22.0 Å². The molecule has 0 spiro atoms. The van der Waals surface area contributed by atoms with Gasteiger partial charge in [-0.3, -0.25) is 9.36 Å². The number of aromatic hydroxyl groups is 1. The normalized spacial score (nSPS) is 13.5. The first kappa shape index (κ1) is 19.0. The lowest BCUT2D eigenvalue weighted by atomic mass is 10.1. The van der Waals surface area contributed by atoms with E-state index in [-0.39, 0.29) is 10.1 Å². The minimum Gasteiger partial charge on any atom is -0.503 e. The van der Waals surface area contributed by atoms with Crippen LogP contribution in [0.5, 0.6) is 5.75 Å². The summed E-state index contributed by atoms with van der Waals surface area (Å²) in [5, 5.41) is 8.66. The number of hydrogen-bond acceptors (Lipinski definition) is 2. The predicted molar refractivity (Wildman–Crippen MR) is 75.6 cm³/mol. The summed E-state index contributed by atoms with van der Waals surface area (Å²) in [7, 11) is 0. The molecule has 1 N–H and O–H groups in total. The molecule has 0 aliphatic carbocycles. The average Bonchev–Trinajstić information content (AvgIpc) is 2.41. The third-order valence-corrected chi connectivity index (χ3v) is 2.99. The van der Waals surface area contributed by atoms with E-state index in [1.54, 1.807) is 0 Å². The minimum atomic E-state index is -4.77. The van der Waals surface area contributed by atoms with Gasteiger partial charge in [-0.15, -0.1) is 0 Å². The molecule has 1 aromatic rings. The fourth-order valence-electron chi connectivity index (χ4n) is 1.66. The molecule has 3 nitrogen and oxygen atoms in total. The van der Waals surface area contributed by atoms with E-state index in [0.717, 1.165) is 18.2 Å². The van der Waals surface area contributed by atoms with Gasteiger partial charge in [0.15, 0.2) is 5.75 Å². The highest BCUT2D eigenvalue weighted by Crippen LogP contribution is 2.33. The van der Waals surface area contributed by atoms with E-state index < -0.39 is 41.1 Å². The predicted octanol–water partition coefficient (Wildman–Crippen LogP) is 4.29. The van der Waals surface area contributed by atoms with Gasteiger partial charge in [0.2, 0.25) is 0 Å². The molecule has 1 rings (SSSR count). The van der Waals surface area contributed by atoms with Gasteiger partial charge in [0.25, 0.3) is 5.56 Å². The van der Waals surface area contributed by atoms with Crippen LogP contribution in [0.1, 0.15) is 12.1 Å². The van der Waals surface area contributed by atoms with Crippen molar-refractivity contribution in [2.45, 2.75) is 19.1 Å². The monoisotopic (exact) mass is 355 g/mol. The molecule has 23 heavy (non-hydrogen) atoms. The molecule has 0 atom stereocenters. The average molecular weight is 356 g/mol. The van der Waals surface area contributed by atoms with Crippen LogP contribution >= 0.6 is 11.6 Å². The smallest absolute Gasteiger partial charge is 0.417 e. The van der Waals surface area contributed by atoms with Gasteiger partial charge in [-0.05, 0) is 24.1 Å². The van der Waals surface area contributed by atoms with Gasteiger partial charge in [0, 0.05) is 6.20 Å². The van der Waals surface area contributed by atoms with E-state index in [4.69, 9.17) is 11.6 Å². The molecule has 0 aliphatic heterocycles. The van der Waals surface area contributed by atoms with Crippen molar-refractivity contribution >= 4 is 11.6 Å². The Hall–Kier alpha value is -2.09. The molecule has 0 aliphatic rings. The Kier molecular flexibility index (Phi) is 6.14. The van der Waals surface area contributed by atoms with E-state index in [0.29, 0.717) is 12.3 Å². The van der Waals surface area contributed by atoms with Crippen molar-refractivity contribution in [3.63, 3.8) is 0 Å². The Bertz CT molecular complexity index is 704. The third-order valence-electron chi connectivity index (χ3n) is 2.66. The number of alkyl halides is 5. The van der Waals surface area contributed by atoms with Crippen molar-refractivity contribution in [3.8, 4) is 5.75 Å². The molecule has 0 saturated carbocycles. The SMILES string of the molecule is C=CC=C(Cl)C(=CCc1cc(O)c(=O)n(C(F)F)c1)C(F)(F)F. The molecule has 0 unspecified atom stereocenters. The molecule has 126 valence electrons. The molecule has 0 saturated heterocycles. The Labute approximate surface area is 132 Å². The summed E-state index contributed by atoms with van der Waals surface area (Å²) in [6.07, 6.45) is -1.92. The van der Waals surface area contributed by atoms with Crippen LogP contribution in [0, 0.1) is 0 Å². The number of allylic oxidation sites excluding steroid dienone is 5. The Morgan fingerprint density at radius 3 is 2.52 bits per heavy atom. The minimum absolute atomic E-state index is 0.0764. The summed E-state index contributed by atoms with van der Waals surface area (Å²) in [6, 6.07) is 0.816. The van der Waals surface area contributed by atoms with Crippen LogP contribution in [-0.2, 0) is 6.42 Å². The van der Waals surface area contributed by atoms with Gasteiger partial charge < -0.3 is 5.11 Å². The number of halogens is 6. The summed E-state index contributed by atoms with van der Waals surface area (Å²) >= 11 is 5.51. The van der Waals surface area contributed by atoms with E-state index in [1.165, 1.54) is 0 Å². The van der Waals surface area contributed by atoms with Crippen molar-refractivity contribution in [3.05, 3.63) is 63.6 Å². The highest BCUT2D eigenvalue weighted by atomic mass is 35.5. The van der Waals surface area contributed by atoms with Gasteiger partial charge in [-0.1, -0.05) is 30.3 Å². The number of aromatic nitrogens is 1. The molecule has 0 amide bonds. The Morgan fingerprint density at radius 1 is 1.43 bits per heavy atom. The molecular formula is C14H11ClF5NO2. The molecule has 0 radical (unpaired) electrons. The third kappa shape index (κ3) is 4.95. The van der Waals surface area contributed by atoms with E-state index in [9.17, 15) is 31.9 Å². The van der Waals surface area contributed by atoms with Crippen LogP contribution < -0.4 is 5.56 Å². The Balaban J connectivity index is 3.27. The fourth-order valence-corrected chi connectivity index (χ4v) is 1.94. The first-order valence-corrected chi connectivity index (χ1v) is 6.43. The lowest BCUT2D eigenvalue weighted by Gasteiger charge is -2.11. The van der Waals surface area contributed by atoms with Crippen LogP contribution in [0.25, 0.3) is 0 Å². The fraction of sp³-hybridized carbons (Fsp3) is 0.214. The maximum absolute atomic E-state index is 12.9. The van der Waals surface area contributed by atoms with Gasteiger partial charge in [0.1, 0.15) is 0 Å². The number of hydrogen-bond donors (Lipinski definition) is 1. The van der Waals surface area contributed by atoms with E-state index in [2.05, 4.69) is 6.58 Å². The largest absolute Gasteiger partial charge is 0.503 e. The van der Waals surface area contributed by atoms with Crippen LogP contribution in [0.4, 0.5) is 22.0 Å². The van der Waals surface area contributed by atoms with E-state index in [1.807, 2.05) is 0 Å². The summed E-state index contributed by atoms with van der Waals surface area (Å²) in [5.41, 5.74) is -2.64. The van der Waals surface area contributed by atoms with Crippen molar-refractivity contribution < 1.29 is 27.1 Å². The molecule has 0 fully saturated rings. The zero-order valence-corrected chi connectivity index (χ0v) is 12.2. The molecule has 1 heterocycles. The summed E-state index contributed by atoms with van der Waals surface area (Å²) < 4.78 is 63.8. The quantitative estimate of drug-likeness (QED) is 0.632. The van der Waals surface area contributed by atoms with Crippen LogP contribution in [-0.4, -0.2) is 15.8 Å². The lowest BCUT2D eigenvalue weighted by molar-refractivity contribution is -0.0888. The van der Waals surface area contributed by atoms with Crippen molar-refractivity contribution in [2.24, 2.45) is 0 Å². The topological polar surface area (TPSA) is 42.2 Å². The number of pyridine rings is 1. The van der Waals surface area contributed by atoms with Crippen molar-refractivity contribution in [1.82, 2.24) is 4.57 Å². The summed E-state index contributed by atoms with van der Waals surface area (Å²) in [4.78, 5) is 11.2. The lowest BCUT2D eigenvalue weighted by Crippen LogP contribution is -2.20. The van der Waals surface area contributed by atoms with Gasteiger partial charge >= 0.3 is 12.7 Å². The molecule has 0 bridgehead atoms. The molecule has 9 heteroatoms. The second-order valence-electron chi connectivity index (χ2n) is 4.29. The standard InChI is InChI=1S/C14H11ClF5NO2/c1-2-3-10(15)9(14(18,19)20)5-4-8-6-11(22)12(23)21(7-8)13(16)17/h2-3,5-7,13,22H,1,4H2. The Morgan fingerprint density at radius 2 is 2.04 bits per heavy atom. The maximum Gasteiger partial charge on any atom is 0.417 e. The molecule has 1 aromatic heterocycles. The second-order valence-corrected chi connectivity index (χ2v) is 4.70. The van der Waals surface area contributed by atoms with Crippen LogP contribution in [0.3, 0.4) is 0 Å². The zero-order chi connectivity index (χ0) is 17.8. The van der Waals surface area contributed by atoms with Crippen LogP contribution in [0.2, 0.25) is 0 Å². The van der Waals surface area contributed by atoms with Crippen LogP contribution in [0.15, 0.2) is 52.5 Å². The maximum atomic E-state index is 12.9. The second kappa shape index (κ2) is 7.45.